The van der Waals surface area contributed by atoms with Gasteiger partial charge in [0.05, 0.1) is 15.9 Å². The lowest BCUT2D eigenvalue weighted by Crippen LogP contribution is -2.17. The summed E-state index contributed by atoms with van der Waals surface area (Å²) in [6, 6.07) is 0. The van der Waals surface area contributed by atoms with E-state index in [1.807, 2.05) is 30.4 Å². The zero-order valence-electron chi connectivity index (χ0n) is 10.2. The lowest BCUT2D eigenvalue weighted by molar-refractivity contribution is 0.602. The van der Waals surface area contributed by atoms with Crippen molar-refractivity contribution in [3.05, 3.63) is 15.9 Å². The normalized spacial score (nSPS) is 11.0. The van der Waals surface area contributed by atoms with Crippen LogP contribution in [0.1, 0.15) is 24.2 Å². The highest BCUT2D eigenvalue weighted by Crippen LogP contribution is 2.19. The number of unbranched alkanes of at least 4 members (excludes halogenated alkanes) is 1. The Hall–Kier alpha value is 0. The fourth-order valence-corrected chi connectivity index (χ4v) is 2.54. The van der Waals surface area contributed by atoms with E-state index >= 15 is 0 Å². The molecule has 0 bridgehead atoms. The third kappa shape index (κ3) is 4.11. The smallest absolute Gasteiger partial charge is 0.0739 e. The van der Waals surface area contributed by atoms with Crippen LogP contribution in [-0.4, -0.2) is 28.3 Å². The molecule has 0 saturated heterocycles. The number of aryl methyl sites for hydroxylation is 2. The third-order valence-electron chi connectivity index (χ3n) is 2.51. The molecule has 0 fully saturated rings. The summed E-state index contributed by atoms with van der Waals surface area (Å²) in [4.78, 5) is 0. The van der Waals surface area contributed by atoms with Crippen molar-refractivity contribution >= 4 is 27.7 Å². The highest BCUT2D eigenvalue weighted by molar-refractivity contribution is 9.10. The van der Waals surface area contributed by atoms with Crippen molar-refractivity contribution in [3.63, 3.8) is 0 Å². The minimum atomic E-state index is 0.886. The third-order valence-corrected chi connectivity index (χ3v) is 4.23. The lowest BCUT2D eigenvalue weighted by Gasteiger charge is -2.05. The number of hydrogen-bond donors (Lipinski definition) is 1. The van der Waals surface area contributed by atoms with Crippen LogP contribution in [0.3, 0.4) is 0 Å². The van der Waals surface area contributed by atoms with Gasteiger partial charge in [0, 0.05) is 13.6 Å². The van der Waals surface area contributed by atoms with Gasteiger partial charge in [0.2, 0.25) is 0 Å². The average molecular weight is 306 g/mol. The lowest BCUT2D eigenvalue weighted by atomic mass is 10.3. The van der Waals surface area contributed by atoms with Gasteiger partial charge in [0.1, 0.15) is 0 Å². The first-order chi connectivity index (χ1) is 7.66. The Bertz CT molecular complexity index is 325. The molecule has 0 atom stereocenters. The van der Waals surface area contributed by atoms with E-state index in [9.17, 15) is 0 Å². The fraction of sp³-hybridized carbons (Fsp3) is 0.727. The largest absolute Gasteiger partial charge is 0.311 e. The molecule has 3 nitrogen and oxygen atoms in total. The van der Waals surface area contributed by atoms with Crippen molar-refractivity contribution in [2.24, 2.45) is 7.05 Å². The van der Waals surface area contributed by atoms with E-state index in [0.29, 0.717) is 0 Å². The maximum Gasteiger partial charge on any atom is 0.0739 e. The molecule has 0 radical (unpaired) electrons. The van der Waals surface area contributed by atoms with Crippen LogP contribution in [0.25, 0.3) is 0 Å². The van der Waals surface area contributed by atoms with Crippen molar-refractivity contribution in [2.45, 2.75) is 26.3 Å². The highest BCUT2D eigenvalue weighted by atomic mass is 79.9. The van der Waals surface area contributed by atoms with Gasteiger partial charge in [-0.2, -0.15) is 16.9 Å². The van der Waals surface area contributed by atoms with Gasteiger partial charge in [-0.15, -0.1) is 0 Å². The van der Waals surface area contributed by atoms with Gasteiger partial charge in [0.25, 0.3) is 0 Å². The first-order valence-electron chi connectivity index (χ1n) is 5.54. The fourth-order valence-electron chi connectivity index (χ4n) is 1.58. The summed E-state index contributed by atoms with van der Waals surface area (Å²) in [5.41, 5.74) is 2.28. The van der Waals surface area contributed by atoms with Crippen LogP contribution in [-0.2, 0) is 13.6 Å². The molecular weight excluding hydrogens is 286 g/mol. The minimum absolute atomic E-state index is 0.886. The molecule has 0 aromatic carbocycles. The Morgan fingerprint density at radius 2 is 2.19 bits per heavy atom. The number of nitrogens with zero attached hydrogens (tertiary/aromatic N) is 2. The summed E-state index contributed by atoms with van der Waals surface area (Å²) in [7, 11) is 1.99. The zero-order chi connectivity index (χ0) is 12.0. The number of thioether (sulfide) groups is 1. The molecule has 5 heteroatoms. The Labute approximate surface area is 110 Å². The first-order valence-corrected chi connectivity index (χ1v) is 7.73. The summed E-state index contributed by atoms with van der Waals surface area (Å²) in [5.74, 6) is 1.26. The second-order valence-corrected chi connectivity index (χ2v) is 5.62. The molecule has 0 saturated carbocycles. The molecule has 1 heterocycles. The minimum Gasteiger partial charge on any atom is -0.311 e. The average Bonchev–Trinajstić information content (AvgIpc) is 2.49. The van der Waals surface area contributed by atoms with Crippen molar-refractivity contribution in [1.29, 1.82) is 0 Å². The van der Waals surface area contributed by atoms with Crippen molar-refractivity contribution in [2.75, 3.05) is 18.6 Å². The Morgan fingerprint density at radius 3 is 2.75 bits per heavy atom. The van der Waals surface area contributed by atoms with Crippen LogP contribution in [0.15, 0.2) is 4.47 Å². The molecule has 0 amide bonds. The van der Waals surface area contributed by atoms with E-state index in [2.05, 4.69) is 32.6 Å². The van der Waals surface area contributed by atoms with Crippen LogP contribution < -0.4 is 5.32 Å². The molecule has 1 N–H and O–H groups in total. The van der Waals surface area contributed by atoms with Crippen LogP contribution in [0, 0.1) is 6.92 Å². The maximum atomic E-state index is 4.37. The molecule has 0 aliphatic heterocycles. The Balaban J connectivity index is 2.26. The molecule has 1 rings (SSSR count). The van der Waals surface area contributed by atoms with E-state index in [1.165, 1.54) is 24.3 Å². The molecule has 1 aromatic rings. The SMILES string of the molecule is CSCCCCNCc1c(Br)c(C)nn1C. The van der Waals surface area contributed by atoms with Crippen molar-refractivity contribution in [1.82, 2.24) is 15.1 Å². The monoisotopic (exact) mass is 305 g/mol. The Kier molecular flexibility index (Phi) is 6.46. The zero-order valence-corrected chi connectivity index (χ0v) is 12.6. The second kappa shape index (κ2) is 7.35. The summed E-state index contributed by atoms with van der Waals surface area (Å²) >= 11 is 5.48. The topological polar surface area (TPSA) is 29.9 Å². The predicted octanol–water partition coefficient (Wildman–Crippen LogP) is 2.72. The number of rotatable bonds is 7. The van der Waals surface area contributed by atoms with Crippen molar-refractivity contribution < 1.29 is 0 Å². The number of hydrogen-bond acceptors (Lipinski definition) is 3. The van der Waals surface area contributed by atoms with E-state index in [0.717, 1.165) is 23.3 Å². The van der Waals surface area contributed by atoms with Gasteiger partial charge in [-0.05, 0) is 54.2 Å². The van der Waals surface area contributed by atoms with Crippen LogP contribution in [0.4, 0.5) is 0 Å². The standard InChI is InChI=1S/C11H20BrN3S/c1-9-11(12)10(15(2)14-9)8-13-6-4-5-7-16-3/h13H,4-8H2,1-3H3. The van der Waals surface area contributed by atoms with E-state index in [4.69, 9.17) is 0 Å². The molecule has 1 aromatic heterocycles. The maximum absolute atomic E-state index is 4.37. The van der Waals surface area contributed by atoms with Gasteiger partial charge in [0.15, 0.2) is 0 Å². The van der Waals surface area contributed by atoms with Crippen LogP contribution in [0.5, 0.6) is 0 Å². The summed E-state index contributed by atoms with van der Waals surface area (Å²) in [6.07, 6.45) is 4.69. The molecule has 16 heavy (non-hydrogen) atoms. The molecular formula is C11H20BrN3S. The van der Waals surface area contributed by atoms with Gasteiger partial charge in [-0.3, -0.25) is 4.68 Å². The summed E-state index contributed by atoms with van der Waals surface area (Å²) in [6.45, 7) is 3.99. The second-order valence-electron chi connectivity index (χ2n) is 3.85. The highest BCUT2D eigenvalue weighted by Gasteiger charge is 2.09. The van der Waals surface area contributed by atoms with E-state index in [-0.39, 0.29) is 0 Å². The predicted molar refractivity (Wildman–Crippen MR) is 75.0 cm³/mol. The van der Waals surface area contributed by atoms with Gasteiger partial charge in [-0.25, -0.2) is 0 Å². The summed E-state index contributed by atoms with van der Waals surface area (Å²) < 4.78 is 3.07. The molecule has 92 valence electrons. The molecule has 0 aliphatic rings. The van der Waals surface area contributed by atoms with Gasteiger partial charge in [-0.1, -0.05) is 0 Å². The number of halogens is 1. The Morgan fingerprint density at radius 1 is 1.44 bits per heavy atom. The number of nitrogens with one attached hydrogen (secondary N) is 1. The van der Waals surface area contributed by atoms with Gasteiger partial charge < -0.3 is 5.32 Å². The first kappa shape index (κ1) is 14.1. The molecule has 0 aliphatic carbocycles. The van der Waals surface area contributed by atoms with Gasteiger partial charge >= 0.3 is 0 Å². The van der Waals surface area contributed by atoms with Crippen LogP contribution in [0.2, 0.25) is 0 Å². The quantitative estimate of drug-likeness (QED) is 0.786. The number of aromatic nitrogens is 2. The van der Waals surface area contributed by atoms with E-state index in [1.54, 1.807) is 0 Å². The molecule has 0 spiro atoms. The van der Waals surface area contributed by atoms with Crippen molar-refractivity contribution in [3.8, 4) is 0 Å². The molecule has 0 unspecified atom stereocenters. The van der Waals surface area contributed by atoms with Crippen LogP contribution >= 0.6 is 27.7 Å². The summed E-state index contributed by atoms with van der Waals surface area (Å²) in [5, 5.41) is 7.82. The van der Waals surface area contributed by atoms with E-state index < -0.39 is 0 Å².